The molecule has 0 aliphatic rings. The van der Waals surface area contributed by atoms with Gasteiger partial charge in [-0.15, -0.1) is 0 Å². The Bertz CT molecular complexity index is 663. The number of pyridine rings is 1. The number of alkyl halides is 1. The van der Waals surface area contributed by atoms with Crippen LogP contribution in [0.4, 0.5) is 4.39 Å². The maximum Gasteiger partial charge on any atom is 0.317 e. The lowest BCUT2D eigenvalue weighted by Crippen LogP contribution is -2.12. The second-order valence-corrected chi connectivity index (χ2v) is 5.75. The first kappa shape index (κ1) is 15.7. The van der Waals surface area contributed by atoms with Crippen LogP contribution in [0.15, 0.2) is 24.3 Å². The van der Waals surface area contributed by atoms with Crippen LogP contribution in [-0.2, 0) is 11.2 Å². The third kappa shape index (κ3) is 3.69. The summed E-state index contributed by atoms with van der Waals surface area (Å²) in [6.07, 6.45) is 1.41. The molecule has 0 fully saturated rings. The van der Waals surface area contributed by atoms with Crippen molar-refractivity contribution in [3.63, 3.8) is 0 Å². The van der Waals surface area contributed by atoms with Crippen LogP contribution in [0.2, 0.25) is 0 Å². The van der Waals surface area contributed by atoms with Crippen LogP contribution in [0.5, 0.6) is 5.88 Å². The molecule has 21 heavy (non-hydrogen) atoms. The number of methoxy groups -OCH3 is 1. The van der Waals surface area contributed by atoms with E-state index in [2.05, 4.69) is 20.9 Å². The number of carboxylic acid groups (broad SMARTS) is 1. The Labute approximate surface area is 130 Å². The average molecular weight is 356 g/mol. The van der Waals surface area contributed by atoms with Crippen molar-refractivity contribution in [3.05, 3.63) is 35.6 Å². The largest absolute Gasteiger partial charge is 0.481 e. The molecule has 1 atom stereocenters. The zero-order chi connectivity index (χ0) is 15.4. The fourth-order valence-corrected chi connectivity index (χ4v) is 2.46. The molecule has 0 amide bonds. The number of aryl methyl sites for hydroxylation is 1. The van der Waals surface area contributed by atoms with Crippen LogP contribution in [0.1, 0.15) is 18.4 Å². The Morgan fingerprint density at radius 2 is 2.14 bits per heavy atom. The number of aromatic nitrogens is 1. The van der Waals surface area contributed by atoms with E-state index in [1.807, 2.05) is 6.07 Å². The number of fused-ring (bicyclic) bond motifs is 1. The van der Waals surface area contributed by atoms with E-state index < -0.39 is 10.8 Å². The number of carboxylic acids is 1. The maximum absolute atomic E-state index is 14.0. The highest BCUT2D eigenvalue weighted by atomic mass is 79.9. The van der Waals surface area contributed by atoms with E-state index in [9.17, 15) is 9.18 Å². The molecule has 1 heterocycles. The minimum absolute atomic E-state index is 0.329. The lowest BCUT2D eigenvalue weighted by molar-refractivity contribution is -0.136. The highest BCUT2D eigenvalue weighted by Gasteiger charge is 2.14. The zero-order valence-corrected chi connectivity index (χ0v) is 13.1. The van der Waals surface area contributed by atoms with Gasteiger partial charge >= 0.3 is 5.97 Å². The lowest BCUT2D eigenvalue weighted by Gasteiger charge is -2.09. The Balaban J connectivity index is 2.25. The molecular weight excluding hydrogens is 341 g/mol. The maximum atomic E-state index is 14.0. The number of aliphatic carboxylic acids is 1. The number of carbonyl (C=O) groups is 1. The monoisotopic (exact) mass is 355 g/mol. The summed E-state index contributed by atoms with van der Waals surface area (Å²) in [6.45, 7) is 0. The molecule has 2 aromatic rings. The van der Waals surface area contributed by atoms with Gasteiger partial charge in [-0.2, -0.15) is 0 Å². The van der Waals surface area contributed by atoms with Crippen molar-refractivity contribution in [1.82, 2.24) is 4.98 Å². The highest BCUT2D eigenvalue weighted by molar-refractivity contribution is 9.10. The molecule has 0 aliphatic heterocycles. The predicted molar refractivity (Wildman–Crippen MR) is 81.5 cm³/mol. The van der Waals surface area contributed by atoms with Gasteiger partial charge in [-0.05, 0) is 37.5 Å². The van der Waals surface area contributed by atoms with Gasteiger partial charge in [0.2, 0.25) is 5.88 Å². The molecular formula is C15H15BrFNO3. The summed E-state index contributed by atoms with van der Waals surface area (Å²) in [4.78, 5) is 14.4. The normalized spacial score (nSPS) is 12.3. The Morgan fingerprint density at radius 3 is 2.81 bits per heavy atom. The number of benzene rings is 1. The number of hydrogen-bond donors (Lipinski definition) is 1. The fraction of sp³-hybridized carbons (Fsp3) is 0.333. The summed E-state index contributed by atoms with van der Waals surface area (Å²) in [7, 11) is 1.51. The van der Waals surface area contributed by atoms with Gasteiger partial charge in [-0.3, -0.25) is 4.79 Å². The van der Waals surface area contributed by atoms with E-state index in [-0.39, 0.29) is 5.82 Å². The van der Waals surface area contributed by atoms with Gasteiger partial charge in [0.05, 0.1) is 12.6 Å². The van der Waals surface area contributed by atoms with Gasteiger partial charge in [-0.1, -0.05) is 15.9 Å². The Morgan fingerprint density at radius 1 is 1.43 bits per heavy atom. The van der Waals surface area contributed by atoms with Crippen molar-refractivity contribution >= 4 is 32.8 Å². The van der Waals surface area contributed by atoms with E-state index in [4.69, 9.17) is 9.84 Å². The van der Waals surface area contributed by atoms with Crippen LogP contribution in [0.3, 0.4) is 0 Å². The molecule has 0 saturated heterocycles. The van der Waals surface area contributed by atoms with Crippen molar-refractivity contribution in [1.29, 1.82) is 0 Å². The summed E-state index contributed by atoms with van der Waals surface area (Å²) in [5.74, 6) is -0.809. The molecule has 1 aromatic heterocycles. The Hall–Kier alpha value is -1.69. The van der Waals surface area contributed by atoms with Crippen molar-refractivity contribution in [3.8, 4) is 5.88 Å². The fourth-order valence-electron chi connectivity index (χ4n) is 2.14. The molecule has 0 radical (unpaired) electrons. The first-order valence-corrected chi connectivity index (χ1v) is 7.43. The summed E-state index contributed by atoms with van der Waals surface area (Å²) >= 11 is 3.08. The van der Waals surface area contributed by atoms with Crippen LogP contribution < -0.4 is 4.74 Å². The van der Waals surface area contributed by atoms with Crippen molar-refractivity contribution in [2.75, 3.05) is 7.11 Å². The zero-order valence-electron chi connectivity index (χ0n) is 11.5. The number of rotatable bonds is 6. The minimum Gasteiger partial charge on any atom is -0.481 e. The molecule has 112 valence electrons. The Kier molecular flexibility index (Phi) is 5.12. The third-order valence-electron chi connectivity index (χ3n) is 3.25. The van der Waals surface area contributed by atoms with E-state index in [1.165, 1.54) is 13.2 Å². The van der Waals surface area contributed by atoms with Crippen molar-refractivity contribution in [2.24, 2.45) is 0 Å². The lowest BCUT2D eigenvalue weighted by atomic mass is 10.0. The molecule has 0 bridgehead atoms. The SMILES string of the molecule is COc1ccc2ccc(F)c(CCCC(Br)C(=O)O)c2n1. The van der Waals surface area contributed by atoms with Crippen molar-refractivity contribution in [2.45, 2.75) is 24.1 Å². The van der Waals surface area contributed by atoms with Crippen molar-refractivity contribution < 1.29 is 19.0 Å². The second-order valence-electron chi connectivity index (χ2n) is 4.65. The molecule has 6 heteroatoms. The van der Waals surface area contributed by atoms with Crippen LogP contribution in [0, 0.1) is 5.82 Å². The standard InChI is InChI=1S/C15H15BrFNO3/c1-21-13-8-6-9-5-7-12(17)10(14(9)18-13)3-2-4-11(16)15(19)20/h5-8,11H,2-4H2,1H3,(H,19,20). The second kappa shape index (κ2) is 6.85. The summed E-state index contributed by atoms with van der Waals surface area (Å²) in [5, 5.41) is 9.66. The molecule has 2 rings (SSSR count). The molecule has 1 unspecified atom stereocenters. The average Bonchev–Trinajstić information content (AvgIpc) is 2.48. The quantitative estimate of drug-likeness (QED) is 0.805. The smallest absolute Gasteiger partial charge is 0.317 e. The number of ether oxygens (including phenoxy) is 1. The van der Waals surface area contributed by atoms with Gasteiger partial charge in [0, 0.05) is 17.0 Å². The molecule has 1 aromatic carbocycles. The van der Waals surface area contributed by atoms with E-state index in [0.717, 1.165) is 5.39 Å². The summed E-state index contributed by atoms with van der Waals surface area (Å²) in [5.41, 5.74) is 1.06. The number of nitrogens with zero attached hydrogens (tertiary/aromatic N) is 1. The van der Waals surface area contributed by atoms with Crippen LogP contribution in [-0.4, -0.2) is 28.0 Å². The highest BCUT2D eigenvalue weighted by Crippen LogP contribution is 2.24. The molecule has 0 saturated carbocycles. The first-order valence-electron chi connectivity index (χ1n) is 6.52. The first-order chi connectivity index (χ1) is 10.0. The van der Waals surface area contributed by atoms with Crippen LogP contribution in [0.25, 0.3) is 10.9 Å². The van der Waals surface area contributed by atoms with E-state index in [0.29, 0.717) is 36.2 Å². The molecule has 4 nitrogen and oxygen atoms in total. The van der Waals surface area contributed by atoms with E-state index >= 15 is 0 Å². The predicted octanol–water partition coefficient (Wildman–Crippen LogP) is 3.55. The van der Waals surface area contributed by atoms with Gasteiger partial charge in [0.25, 0.3) is 0 Å². The molecule has 1 N–H and O–H groups in total. The number of hydrogen-bond acceptors (Lipinski definition) is 3. The van der Waals surface area contributed by atoms with Crippen LogP contribution >= 0.6 is 15.9 Å². The van der Waals surface area contributed by atoms with E-state index in [1.54, 1.807) is 12.1 Å². The van der Waals surface area contributed by atoms with Gasteiger partial charge in [0.15, 0.2) is 0 Å². The number of halogens is 2. The molecule has 0 spiro atoms. The molecule has 0 aliphatic carbocycles. The summed E-state index contributed by atoms with van der Waals surface area (Å²) in [6, 6.07) is 6.64. The van der Waals surface area contributed by atoms with Gasteiger partial charge < -0.3 is 9.84 Å². The topological polar surface area (TPSA) is 59.4 Å². The van der Waals surface area contributed by atoms with Gasteiger partial charge in [0.1, 0.15) is 10.6 Å². The summed E-state index contributed by atoms with van der Waals surface area (Å²) < 4.78 is 19.1. The minimum atomic E-state index is -0.909. The van der Waals surface area contributed by atoms with Gasteiger partial charge in [-0.25, -0.2) is 9.37 Å². The third-order valence-corrected chi connectivity index (χ3v) is 4.10.